The molecule has 21 heavy (non-hydrogen) atoms. The van der Waals surface area contributed by atoms with E-state index in [9.17, 15) is 9.90 Å². The number of carbonyl (C=O) groups excluding carboxylic acids is 1. The molecule has 0 bridgehead atoms. The zero-order chi connectivity index (χ0) is 14.9. The van der Waals surface area contributed by atoms with Crippen molar-refractivity contribution in [2.24, 2.45) is 0 Å². The average Bonchev–Trinajstić information content (AvgIpc) is 3.09. The van der Waals surface area contributed by atoms with Crippen LogP contribution in [-0.2, 0) is 16.0 Å². The Morgan fingerprint density at radius 2 is 2.33 bits per heavy atom. The molecular weight excluding hydrogens is 270 g/mol. The van der Waals surface area contributed by atoms with E-state index in [0.717, 1.165) is 24.2 Å². The topological polar surface area (TPSA) is 59.0 Å². The smallest absolute Gasteiger partial charge is 0.227 e. The highest BCUT2D eigenvalue weighted by Gasteiger charge is 2.50. The number of rotatable bonds is 3. The molecular formula is C16H21NO4. The maximum atomic E-state index is 12.5. The van der Waals surface area contributed by atoms with Gasteiger partial charge in [0.05, 0.1) is 20.1 Å². The SMILES string of the molecule is COc1ccccc1CC(=O)N1C[C@H](O)[C@]2(CCCO2)C1. The summed E-state index contributed by atoms with van der Waals surface area (Å²) in [6, 6.07) is 7.52. The molecule has 1 amide bonds. The summed E-state index contributed by atoms with van der Waals surface area (Å²) in [5.41, 5.74) is 0.337. The van der Waals surface area contributed by atoms with Crippen LogP contribution >= 0.6 is 0 Å². The Bertz CT molecular complexity index is 525. The van der Waals surface area contributed by atoms with Crippen molar-refractivity contribution in [3.8, 4) is 5.75 Å². The van der Waals surface area contributed by atoms with Crippen molar-refractivity contribution in [2.45, 2.75) is 31.0 Å². The molecule has 114 valence electrons. The number of benzene rings is 1. The Hall–Kier alpha value is -1.59. The number of aliphatic hydroxyl groups excluding tert-OH is 1. The van der Waals surface area contributed by atoms with Crippen LogP contribution in [-0.4, -0.2) is 54.4 Å². The van der Waals surface area contributed by atoms with Crippen molar-refractivity contribution in [3.63, 3.8) is 0 Å². The van der Waals surface area contributed by atoms with Gasteiger partial charge in [0.25, 0.3) is 0 Å². The summed E-state index contributed by atoms with van der Waals surface area (Å²) in [6.45, 7) is 1.52. The third-order valence-corrected chi connectivity index (χ3v) is 4.48. The predicted molar refractivity (Wildman–Crippen MR) is 77.2 cm³/mol. The van der Waals surface area contributed by atoms with Gasteiger partial charge in [0.2, 0.25) is 5.91 Å². The first kappa shape index (κ1) is 14.4. The first-order valence-electron chi connectivity index (χ1n) is 7.36. The second kappa shape index (κ2) is 5.66. The van der Waals surface area contributed by atoms with Crippen LogP contribution in [0.15, 0.2) is 24.3 Å². The number of methoxy groups -OCH3 is 1. The average molecular weight is 291 g/mol. The van der Waals surface area contributed by atoms with Crippen molar-refractivity contribution in [1.82, 2.24) is 4.90 Å². The van der Waals surface area contributed by atoms with Gasteiger partial charge in [0, 0.05) is 18.7 Å². The second-order valence-electron chi connectivity index (χ2n) is 5.80. The van der Waals surface area contributed by atoms with Crippen LogP contribution in [0, 0.1) is 0 Å². The van der Waals surface area contributed by atoms with Crippen LogP contribution < -0.4 is 4.74 Å². The summed E-state index contributed by atoms with van der Waals surface area (Å²) < 4.78 is 11.0. The number of β-amino-alcohol motifs (C(OH)–C–C–N with tert-alkyl or cyclic N) is 1. The van der Waals surface area contributed by atoms with E-state index in [1.165, 1.54) is 0 Å². The van der Waals surface area contributed by atoms with E-state index >= 15 is 0 Å². The number of carbonyl (C=O) groups is 1. The van der Waals surface area contributed by atoms with Crippen molar-refractivity contribution >= 4 is 5.91 Å². The third-order valence-electron chi connectivity index (χ3n) is 4.48. The molecule has 2 aliphatic heterocycles. The van der Waals surface area contributed by atoms with E-state index in [1.54, 1.807) is 12.0 Å². The molecule has 3 rings (SSSR count). The molecule has 1 spiro atoms. The molecule has 0 aromatic heterocycles. The van der Waals surface area contributed by atoms with Gasteiger partial charge >= 0.3 is 0 Å². The van der Waals surface area contributed by atoms with E-state index in [1.807, 2.05) is 24.3 Å². The Labute approximate surface area is 124 Å². The lowest BCUT2D eigenvalue weighted by Crippen LogP contribution is -2.41. The summed E-state index contributed by atoms with van der Waals surface area (Å²) >= 11 is 0. The molecule has 1 N–H and O–H groups in total. The van der Waals surface area contributed by atoms with Gasteiger partial charge < -0.3 is 19.5 Å². The zero-order valence-corrected chi connectivity index (χ0v) is 12.2. The minimum atomic E-state index is -0.582. The van der Waals surface area contributed by atoms with Crippen LogP contribution in [0.25, 0.3) is 0 Å². The highest BCUT2D eigenvalue weighted by Crippen LogP contribution is 2.35. The van der Waals surface area contributed by atoms with Crippen LogP contribution in [0.4, 0.5) is 0 Å². The summed E-state index contributed by atoms with van der Waals surface area (Å²) in [6.07, 6.45) is 1.48. The molecule has 0 radical (unpaired) electrons. The van der Waals surface area contributed by atoms with Gasteiger partial charge in [-0.1, -0.05) is 18.2 Å². The Balaban J connectivity index is 1.69. The molecule has 2 saturated heterocycles. The number of amides is 1. The van der Waals surface area contributed by atoms with Crippen LogP contribution in [0.3, 0.4) is 0 Å². The molecule has 2 heterocycles. The maximum Gasteiger partial charge on any atom is 0.227 e. The number of para-hydroxylation sites is 1. The third kappa shape index (κ3) is 2.63. The molecule has 1 aromatic carbocycles. The molecule has 0 unspecified atom stereocenters. The first-order valence-corrected chi connectivity index (χ1v) is 7.36. The number of hydrogen-bond acceptors (Lipinski definition) is 4. The molecule has 0 aliphatic carbocycles. The van der Waals surface area contributed by atoms with Crippen molar-refractivity contribution in [3.05, 3.63) is 29.8 Å². The molecule has 1 aromatic rings. The lowest BCUT2D eigenvalue weighted by Gasteiger charge is -2.25. The zero-order valence-electron chi connectivity index (χ0n) is 12.2. The van der Waals surface area contributed by atoms with E-state index in [2.05, 4.69) is 0 Å². The quantitative estimate of drug-likeness (QED) is 0.902. The molecule has 2 aliphatic rings. The van der Waals surface area contributed by atoms with Gasteiger partial charge in [-0.2, -0.15) is 0 Å². The molecule has 0 saturated carbocycles. The summed E-state index contributed by atoms with van der Waals surface area (Å²) in [4.78, 5) is 14.2. The normalized spacial score (nSPS) is 28.3. The molecule has 5 nitrogen and oxygen atoms in total. The lowest BCUT2D eigenvalue weighted by atomic mass is 9.97. The fraction of sp³-hybridized carbons (Fsp3) is 0.562. The fourth-order valence-electron chi connectivity index (χ4n) is 3.29. The highest BCUT2D eigenvalue weighted by molar-refractivity contribution is 5.80. The van der Waals surface area contributed by atoms with Gasteiger partial charge in [-0.15, -0.1) is 0 Å². The highest BCUT2D eigenvalue weighted by atomic mass is 16.5. The summed E-state index contributed by atoms with van der Waals surface area (Å²) in [5.74, 6) is 0.725. The minimum absolute atomic E-state index is 0.00549. The Morgan fingerprint density at radius 3 is 3.05 bits per heavy atom. The number of hydrogen-bond donors (Lipinski definition) is 1. The first-order chi connectivity index (χ1) is 10.1. The summed E-state index contributed by atoms with van der Waals surface area (Å²) in [7, 11) is 1.60. The van der Waals surface area contributed by atoms with Gasteiger partial charge in [-0.3, -0.25) is 4.79 Å². The van der Waals surface area contributed by atoms with Crippen LogP contribution in [0.1, 0.15) is 18.4 Å². The Kier molecular flexibility index (Phi) is 3.87. The van der Waals surface area contributed by atoms with Crippen molar-refractivity contribution < 1.29 is 19.4 Å². The minimum Gasteiger partial charge on any atom is -0.496 e. The van der Waals surface area contributed by atoms with E-state index in [4.69, 9.17) is 9.47 Å². The second-order valence-corrected chi connectivity index (χ2v) is 5.80. The number of likely N-dealkylation sites (tertiary alicyclic amines) is 1. The van der Waals surface area contributed by atoms with Gasteiger partial charge in [-0.25, -0.2) is 0 Å². The molecule has 2 fully saturated rings. The maximum absolute atomic E-state index is 12.5. The fourth-order valence-corrected chi connectivity index (χ4v) is 3.29. The Morgan fingerprint density at radius 1 is 1.52 bits per heavy atom. The monoisotopic (exact) mass is 291 g/mol. The lowest BCUT2D eigenvalue weighted by molar-refractivity contribution is -0.130. The summed E-state index contributed by atoms with van der Waals surface area (Å²) in [5, 5.41) is 10.2. The van der Waals surface area contributed by atoms with Gasteiger partial charge in [-0.05, 0) is 18.9 Å². The van der Waals surface area contributed by atoms with Crippen molar-refractivity contribution in [1.29, 1.82) is 0 Å². The van der Waals surface area contributed by atoms with E-state index in [-0.39, 0.29) is 12.3 Å². The molecule has 5 heteroatoms. The largest absolute Gasteiger partial charge is 0.496 e. The predicted octanol–water partition coefficient (Wildman–Crippen LogP) is 0.990. The molecule has 2 atom stereocenters. The van der Waals surface area contributed by atoms with Crippen molar-refractivity contribution in [2.75, 3.05) is 26.8 Å². The van der Waals surface area contributed by atoms with Crippen LogP contribution in [0.5, 0.6) is 5.75 Å². The standard InChI is InChI=1S/C16H21NO4/c1-20-13-6-3-2-5-12(13)9-15(19)17-10-14(18)16(11-17)7-4-8-21-16/h2-3,5-6,14,18H,4,7-11H2,1H3/t14-,16-/m0/s1. The number of aliphatic hydroxyl groups is 1. The van der Waals surface area contributed by atoms with E-state index < -0.39 is 11.7 Å². The van der Waals surface area contributed by atoms with Gasteiger partial charge in [0.1, 0.15) is 17.5 Å². The number of ether oxygens (including phenoxy) is 2. The number of nitrogens with zero attached hydrogens (tertiary/aromatic N) is 1. The van der Waals surface area contributed by atoms with E-state index in [0.29, 0.717) is 19.7 Å². The van der Waals surface area contributed by atoms with Crippen LogP contribution in [0.2, 0.25) is 0 Å². The van der Waals surface area contributed by atoms with Gasteiger partial charge in [0.15, 0.2) is 0 Å².